The van der Waals surface area contributed by atoms with Gasteiger partial charge < -0.3 is 9.64 Å². The summed E-state index contributed by atoms with van der Waals surface area (Å²) in [7, 11) is -0.998. The highest BCUT2D eigenvalue weighted by Crippen LogP contribution is 2.22. The Hall–Kier alpha value is -1.43. The molecule has 0 N–H and O–H groups in total. The largest absolute Gasteiger partial charge is 0.444 e. The molecule has 1 aliphatic rings. The Labute approximate surface area is 134 Å². The van der Waals surface area contributed by atoms with Crippen molar-refractivity contribution in [2.45, 2.75) is 51.0 Å². The molecule has 2 atom stereocenters. The average Bonchev–Trinajstić information content (AvgIpc) is 2.86. The summed E-state index contributed by atoms with van der Waals surface area (Å²) in [6.45, 7) is 6.26. The van der Waals surface area contributed by atoms with E-state index in [0.29, 0.717) is 18.1 Å². The van der Waals surface area contributed by atoms with E-state index in [1.165, 1.54) is 0 Å². The molecule has 0 aromatic carbocycles. The number of aromatic nitrogens is 1. The minimum Gasteiger partial charge on any atom is -0.444 e. The van der Waals surface area contributed by atoms with E-state index in [1.54, 1.807) is 17.3 Å². The molecule has 0 saturated carbocycles. The fourth-order valence-electron chi connectivity index (χ4n) is 2.51. The maximum atomic E-state index is 12.3. The van der Waals surface area contributed by atoms with Crippen LogP contribution in [0.25, 0.3) is 0 Å². The SMILES string of the molecule is CC(C)(C)OC(=O)N1CCC[C@@H]1C[S@@](=O)Cc1ccncc1. The van der Waals surface area contributed by atoms with Crippen LogP contribution in [0.15, 0.2) is 24.5 Å². The second kappa shape index (κ2) is 7.22. The molecule has 22 heavy (non-hydrogen) atoms. The maximum absolute atomic E-state index is 12.3. The molecule has 1 aromatic rings. The molecule has 2 rings (SSSR count). The number of rotatable bonds is 4. The van der Waals surface area contributed by atoms with Crippen LogP contribution < -0.4 is 0 Å². The molecule has 1 aromatic heterocycles. The lowest BCUT2D eigenvalue weighted by Gasteiger charge is -2.28. The van der Waals surface area contributed by atoms with Crippen molar-refractivity contribution < 1.29 is 13.7 Å². The summed E-state index contributed by atoms with van der Waals surface area (Å²) in [5.41, 5.74) is 0.510. The molecule has 6 heteroatoms. The van der Waals surface area contributed by atoms with Crippen LogP contribution in [0.5, 0.6) is 0 Å². The second-order valence-corrected chi connectivity index (χ2v) is 8.08. The monoisotopic (exact) mass is 324 g/mol. The van der Waals surface area contributed by atoms with Crippen LogP contribution in [0.4, 0.5) is 4.79 Å². The molecular formula is C16H24N2O3S. The van der Waals surface area contributed by atoms with E-state index in [1.807, 2.05) is 32.9 Å². The third kappa shape index (κ3) is 5.09. The molecule has 0 unspecified atom stereocenters. The van der Waals surface area contributed by atoms with Gasteiger partial charge in [-0.3, -0.25) is 9.19 Å². The van der Waals surface area contributed by atoms with E-state index in [0.717, 1.165) is 18.4 Å². The Morgan fingerprint density at radius 2 is 2.09 bits per heavy atom. The average molecular weight is 324 g/mol. The first-order valence-corrected chi connectivity index (χ1v) is 9.07. The Bertz CT molecular complexity index is 528. The van der Waals surface area contributed by atoms with Gasteiger partial charge in [0, 0.05) is 47.3 Å². The summed E-state index contributed by atoms with van der Waals surface area (Å²) in [5.74, 6) is 1.00. The lowest BCUT2D eigenvalue weighted by molar-refractivity contribution is 0.0241. The molecule has 0 aliphatic carbocycles. The summed E-state index contributed by atoms with van der Waals surface area (Å²) in [5, 5.41) is 0. The van der Waals surface area contributed by atoms with Gasteiger partial charge in [-0.05, 0) is 51.3 Å². The summed E-state index contributed by atoms with van der Waals surface area (Å²) in [6, 6.07) is 3.76. The predicted octanol–water partition coefficient (Wildman–Crippen LogP) is 2.73. The summed E-state index contributed by atoms with van der Waals surface area (Å²) in [6.07, 6.45) is 4.94. The fourth-order valence-corrected chi connectivity index (χ4v) is 3.97. The van der Waals surface area contributed by atoms with Gasteiger partial charge in [0.25, 0.3) is 0 Å². The Balaban J connectivity index is 1.91. The summed E-state index contributed by atoms with van der Waals surface area (Å²) >= 11 is 0. The van der Waals surface area contributed by atoms with Crippen molar-refractivity contribution in [2.75, 3.05) is 12.3 Å². The van der Waals surface area contributed by atoms with Crippen molar-refractivity contribution >= 4 is 16.9 Å². The number of likely N-dealkylation sites (tertiary alicyclic amines) is 1. The number of carbonyl (C=O) groups excluding carboxylic acids is 1. The van der Waals surface area contributed by atoms with E-state index in [9.17, 15) is 9.00 Å². The van der Waals surface area contributed by atoms with Crippen molar-refractivity contribution in [3.05, 3.63) is 30.1 Å². The lowest BCUT2D eigenvalue weighted by Crippen LogP contribution is -2.42. The van der Waals surface area contributed by atoms with Gasteiger partial charge in [-0.1, -0.05) is 0 Å². The van der Waals surface area contributed by atoms with Crippen molar-refractivity contribution in [3.63, 3.8) is 0 Å². The minimum absolute atomic E-state index is 0.0116. The number of hydrogen-bond acceptors (Lipinski definition) is 4. The fraction of sp³-hybridized carbons (Fsp3) is 0.625. The number of pyridine rings is 1. The molecule has 122 valence electrons. The molecule has 0 spiro atoms. The molecule has 5 nitrogen and oxygen atoms in total. The zero-order valence-corrected chi connectivity index (χ0v) is 14.3. The van der Waals surface area contributed by atoms with E-state index in [4.69, 9.17) is 4.74 Å². The molecular weight excluding hydrogens is 300 g/mol. The van der Waals surface area contributed by atoms with Crippen LogP contribution in [0.2, 0.25) is 0 Å². The molecule has 1 amide bonds. The van der Waals surface area contributed by atoms with E-state index < -0.39 is 16.4 Å². The second-order valence-electron chi connectivity index (χ2n) is 6.58. The molecule has 2 heterocycles. The van der Waals surface area contributed by atoms with Gasteiger partial charge in [0.1, 0.15) is 5.60 Å². The maximum Gasteiger partial charge on any atom is 0.410 e. The van der Waals surface area contributed by atoms with Crippen molar-refractivity contribution in [3.8, 4) is 0 Å². The van der Waals surface area contributed by atoms with E-state index >= 15 is 0 Å². The van der Waals surface area contributed by atoms with Crippen LogP contribution >= 0.6 is 0 Å². The van der Waals surface area contributed by atoms with Gasteiger partial charge in [0.15, 0.2) is 0 Å². The molecule has 1 saturated heterocycles. The number of carbonyl (C=O) groups is 1. The number of nitrogens with zero attached hydrogens (tertiary/aromatic N) is 2. The summed E-state index contributed by atoms with van der Waals surface area (Å²) in [4.78, 5) is 17.9. The number of hydrogen-bond donors (Lipinski definition) is 0. The first-order chi connectivity index (χ1) is 10.3. The third-order valence-electron chi connectivity index (χ3n) is 3.46. The van der Waals surface area contributed by atoms with Crippen LogP contribution in [0.3, 0.4) is 0 Å². The van der Waals surface area contributed by atoms with Crippen LogP contribution in [-0.4, -0.2) is 44.1 Å². The topological polar surface area (TPSA) is 59.5 Å². The highest BCUT2D eigenvalue weighted by molar-refractivity contribution is 7.84. The normalized spacial score (nSPS) is 20.0. The molecule has 1 fully saturated rings. The molecule has 0 radical (unpaired) electrons. The van der Waals surface area contributed by atoms with Gasteiger partial charge >= 0.3 is 6.09 Å². The zero-order chi connectivity index (χ0) is 16.2. The highest BCUT2D eigenvalue weighted by Gasteiger charge is 2.33. The minimum atomic E-state index is -0.998. The van der Waals surface area contributed by atoms with Crippen molar-refractivity contribution in [1.29, 1.82) is 0 Å². The molecule has 1 aliphatic heterocycles. The third-order valence-corrected chi connectivity index (χ3v) is 4.87. The van der Waals surface area contributed by atoms with Gasteiger partial charge in [-0.15, -0.1) is 0 Å². The van der Waals surface area contributed by atoms with Crippen LogP contribution in [0.1, 0.15) is 39.2 Å². The first kappa shape index (κ1) is 16.9. The Morgan fingerprint density at radius 3 is 2.73 bits per heavy atom. The van der Waals surface area contributed by atoms with Crippen molar-refractivity contribution in [1.82, 2.24) is 9.88 Å². The van der Waals surface area contributed by atoms with Crippen LogP contribution in [-0.2, 0) is 21.3 Å². The van der Waals surface area contributed by atoms with E-state index in [-0.39, 0.29) is 12.1 Å². The Kier molecular flexibility index (Phi) is 5.56. The number of ether oxygens (including phenoxy) is 1. The Morgan fingerprint density at radius 1 is 1.41 bits per heavy atom. The smallest absolute Gasteiger partial charge is 0.410 e. The van der Waals surface area contributed by atoms with Gasteiger partial charge in [-0.2, -0.15) is 0 Å². The van der Waals surface area contributed by atoms with Crippen molar-refractivity contribution in [2.24, 2.45) is 0 Å². The van der Waals surface area contributed by atoms with E-state index in [2.05, 4.69) is 4.98 Å². The standard InChI is InChI=1S/C16H24N2O3S/c1-16(2,3)21-15(19)18-10-4-5-14(18)12-22(20)11-13-6-8-17-9-7-13/h6-9,14H,4-5,10-12H2,1-3H3/t14-,22+/m1/s1. The first-order valence-electron chi connectivity index (χ1n) is 7.58. The highest BCUT2D eigenvalue weighted by atomic mass is 32.2. The lowest BCUT2D eigenvalue weighted by atomic mass is 10.2. The van der Waals surface area contributed by atoms with Gasteiger partial charge in [0.2, 0.25) is 0 Å². The number of amides is 1. The summed E-state index contributed by atoms with van der Waals surface area (Å²) < 4.78 is 17.8. The van der Waals surface area contributed by atoms with Crippen LogP contribution in [0, 0.1) is 0 Å². The molecule has 0 bridgehead atoms. The predicted molar refractivity (Wildman–Crippen MR) is 86.9 cm³/mol. The quantitative estimate of drug-likeness (QED) is 0.854. The zero-order valence-electron chi connectivity index (χ0n) is 13.4. The van der Waals surface area contributed by atoms with Gasteiger partial charge in [-0.25, -0.2) is 4.79 Å². The van der Waals surface area contributed by atoms with Gasteiger partial charge in [0.05, 0.1) is 0 Å².